The number of nitrogens with zero attached hydrogens (tertiary/aromatic N) is 3. The molecule has 0 saturated carbocycles. The maximum atomic E-state index is 12.8. The van der Waals surface area contributed by atoms with Gasteiger partial charge in [-0.2, -0.15) is 5.26 Å². The highest BCUT2D eigenvalue weighted by Gasteiger charge is 2.36. The van der Waals surface area contributed by atoms with Crippen molar-refractivity contribution in [2.45, 2.75) is 12.5 Å². The molecule has 3 rings (SSSR count). The molecule has 1 unspecified atom stereocenters. The van der Waals surface area contributed by atoms with Gasteiger partial charge in [0, 0.05) is 24.2 Å². The van der Waals surface area contributed by atoms with Crippen LogP contribution < -0.4 is 9.64 Å². The summed E-state index contributed by atoms with van der Waals surface area (Å²) in [5.74, 6) is 0.0384. The standard InChI is InChI=1S/C17H13N3O4/c18-9-4-10-19-14-11-13(20(22)23)7-8-15(14)24-16(17(19)21)12-5-2-1-3-6-12/h1-3,5-8,11,16H,4,10H2. The van der Waals surface area contributed by atoms with Crippen molar-refractivity contribution in [3.8, 4) is 11.8 Å². The number of benzene rings is 2. The van der Waals surface area contributed by atoms with Gasteiger partial charge in [-0.15, -0.1) is 0 Å². The summed E-state index contributed by atoms with van der Waals surface area (Å²) >= 11 is 0. The average Bonchev–Trinajstić information content (AvgIpc) is 2.60. The van der Waals surface area contributed by atoms with Crippen LogP contribution in [-0.2, 0) is 4.79 Å². The number of ether oxygens (including phenoxy) is 1. The minimum absolute atomic E-state index is 0.120. The zero-order chi connectivity index (χ0) is 17.1. The first-order valence-corrected chi connectivity index (χ1v) is 7.30. The third kappa shape index (κ3) is 2.77. The van der Waals surface area contributed by atoms with E-state index in [2.05, 4.69) is 0 Å². The molecule has 0 aromatic heterocycles. The predicted octanol–water partition coefficient (Wildman–Crippen LogP) is 2.98. The number of non-ortho nitro benzene ring substituents is 1. The quantitative estimate of drug-likeness (QED) is 0.636. The summed E-state index contributed by atoms with van der Waals surface area (Å²) in [5.41, 5.74) is 0.871. The van der Waals surface area contributed by atoms with Crippen molar-refractivity contribution >= 4 is 17.3 Å². The van der Waals surface area contributed by atoms with Crippen LogP contribution in [0, 0.1) is 21.4 Å². The Labute approximate surface area is 137 Å². The minimum Gasteiger partial charge on any atom is -0.474 e. The molecule has 1 aliphatic heterocycles. The summed E-state index contributed by atoms with van der Waals surface area (Å²) in [6, 6.07) is 15.1. The minimum atomic E-state index is -0.834. The number of nitriles is 1. The molecule has 24 heavy (non-hydrogen) atoms. The fraction of sp³-hybridized carbons (Fsp3) is 0.176. The van der Waals surface area contributed by atoms with Crippen LogP contribution in [0.5, 0.6) is 5.75 Å². The fourth-order valence-electron chi connectivity index (χ4n) is 2.60. The maximum Gasteiger partial charge on any atom is 0.272 e. The Morgan fingerprint density at radius 3 is 2.67 bits per heavy atom. The Bertz CT molecular complexity index is 829. The molecule has 2 aromatic carbocycles. The number of nitro benzene ring substituents is 1. The smallest absolute Gasteiger partial charge is 0.272 e. The van der Waals surface area contributed by atoms with Crippen LogP contribution in [-0.4, -0.2) is 17.4 Å². The van der Waals surface area contributed by atoms with Crippen molar-refractivity contribution in [3.63, 3.8) is 0 Å². The van der Waals surface area contributed by atoms with Gasteiger partial charge in [0.05, 0.1) is 23.1 Å². The molecule has 0 aliphatic carbocycles. The summed E-state index contributed by atoms with van der Waals surface area (Å²) in [6.07, 6.45) is -0.714. The Morgan fingerprint density at radius 1 is 1.25 bits per heavy atom. The summed E-state index contributed by atoms with van der Waals surface area (Å²) in [5, 5.41) is 19.8. The van der Waals surface area contributed by atoms with E-state index >= 15 is 0 Å². The molecule has 7 heteroatoms. The first-order valence-electron chi connectivity index (χ1n) is 7.30. The lowest BCUT2D eigenvalue weighted by Gasteiger charge is -2.34. The first-order chi connectivity index (χ1) is 11.6. The molecule has 1 amide bonds. The fourth-order valence-corrected chi connectivity index (χ4v) is 2.60. The number of carbonyl (C=O) groups is 1. The summed E-state index contributed by atoms with van der Waals surface area (Å²) in [4.78, 5) is 24.6. The van der Waals surface area contributed by atoms with Crippen LogP contribution >= 0.6 is 0 Å². The van der Waals surface area contributed by atoms with Gasteiger partial charge in [0.2, 0.25) is 6.10 Å². The number of anilines is 1. The van der Waals surface area contributed by atoms with Gasteiger partial charge in [-0.1, -0.05) is 30.3 Å². The molecule has 1 aliphatic rings. The van der Waals surface area contributed by atoms with E-state index < -0.39 is 11.0 Å². The first kappa shape index (κ1) is 15.5. The van der Waals surface area contributed by atoms with Crippen molar-refractivity contribution in [2.75, 3.05) is 11.4 Å². The van der Waals surface area contributed by atoms with E-state index in [1.165, 1.54) is 23.1 Å². The molecule has 2 aromatic rings. The van der Waals surface area contributed by atoms with Gasteiger partial charge in [-0.25, -0.2) is 0 Å². The van der Waals surface area contributed by atoms with Crippen molar-refractivity contribution in [1.29, 1.82) is 5.26 Å². The van der Waals surface area contributed by atoms with E-state index in [-0.39, 0.29) is 24.6 Å². The van der Waals surface area contributed by atoms with Gasteiger partial charge in [0.25, 0.3) is 11.6 Å². The van der Waals surface area contributed by atoms with Gasteiger partial charge < -0.3 is 9.64 Å². The van der Waals surface area contributed by atoms with Crippen LogP contribution in [0.15, 0.2) is 48.5 Å². The molecule has 0 N–H and O–H groups in total. The molecule has 1 atom stereocenters. The van der Waals surface area contributed by atoms with E-state index in [4.69, 9.17) is 10.00 Å². The van der Waals surface area contributed by atoms with Crippen molar-refractivity contribution in [2.24, 2.45) is 0 Å². The molecule has 0 fully saturated rings. The predicted molar refractivity (Wildman–Crippen MR) is 85.5 cm³/mol. The second kappa shape index (κ2) is 6.38. The van der Waals surface area contributed by atoms with Crippen LogP contribution in [0.2, 0.25) is 0 Å². The van der Waals surface area contributed by atoms with Crippen molar-refractivity contribution in [3.05, 3.63) is 64.2 Å². The van der Waals surface area contributed by atoms with Crippen LogP contribution in [0.25, 0.3) is 0 Å². The van der Waals surface area contributed by atoms with E-state index in [1.807, 2.05) is 12.1 Å². The Morgan fingerprint density at radius 2 is 2.00 bits per heavy atom. The summed E-state index contributed by atoms with van der Waals surface area (Å²) in [7, 11) is 0. The lowest BCUT2D eigenvalue weighted by Crippen LogP contribution is -2.41. The molecule has 0 spiro atoms. The summed E-state index contributed by atoms with van der Waals surface area (Å²) < 4.78 is 5.78. The molecular weight excluding hydrogens is 310 g/mol. The number of fused-ring (bicyclic) bond motifs is 1. The Kier molecular flexibility index (Phi) is 4.12. The van der Waals surface area contributed by atoms with Gasteiger partial charge in [0.1, 0.15) is 5.75 Å². The second-order valence-electron chi connectivity index (χ2n) is 5.22. The molecule has 1 heterocycles. The molecule has 7 nitrogen and oxygen atoms in total. The third-order valence-electron chi connectivity index (χ3n) is 3.73. The highest BCUT2D eigenvalue weighted by Crippen LogP contribution is 2.40. The highest BCUT2D eigenvalue weighted by molar-refractivity contribution is 6.01. The van der Waals surface area contributed by atoms with Gasteiger partial charge >= 0.3 is 0 Å². The lowest BCUT2D eigenvalue weighted by molar-refractivity contribution is -0.384. The Balaban J connectivity index is 2.05. The monoisotopic (exact) mass is 323 g/mol. The number of carbonyl (C=O) groups excluding carboxylic acids is 1. The largest absolute Gasteiger partial charge is 0.474 e. The molecular formula is C17H13N3O4. The van der Waals surface area contributed by atoms with Gasteiger partial charge in [-0.3, -0.25) is 14.9 Å². The zero-order valence-corrected chi connectivity index (χ0v) is 12.6. The number of hydrogen-bond acceptors (Lipinski definition) is 5. The molecule has 0 radical (unpaired) electrons. The average molecular weight is 323 g/mol. The van der Waals surface area contributed by atoms with Gasteiger partial charge in [0.15, 0.2) is 0 Å². The molecule has 0 saturated heterocycles. The summed E-state index contributed by atoms with van der Waals surface area (Å²) in [6.45, 7) is 0.149. The topological polar surface area (TPSA) is 96.5 Å². The van der Waals surface area contributed by atoms with Crippen LogP contribution in [0.3, 0.4) is 0 Å². The molecule has 0 bridgehead atoms. The van der Waals surface area contributed by atoms with Crippen LogP contribution in [0.4, 0.5) is 11.4 Å². The van der Waals surface area contributed by atoms with E-state index in [0.29, 0.717) is 17.0 Å². The number of rotatable bonds is 4. The van der Waals surface area contributed by atoms with Crippen molar-refractivity contribution < 1.29 is 14.5 Å². The van der Waals surface area contributed by atoms with E-state index in [1.54, 1.807) is 24.3 Å². The lowest BCUT2D eigenvalue weighted by atomic mass is 10.0. The highest BCUT2D eigenvalue weighted by atomic mass is 16.6. The zero-order valence-electron chi connectivity index (χ0n) is 12.6. The van der Waals surface area contributed by atoms with Crippen molar-refractivity contribution in [1.82, 2.24) is 0 Å². The normalized spacial score (nSPS) is 16.0. The second-order valence-corrected chi connectivity index (χ2v) is 5.22. The van der Waals surface area contributed by atoms with E-state index in [9.17, 15) is 14.9 Å². The number of amides is 1. The third-order valence-corrected chi connectivity index (χ3v) is 3.73. The Hall–Kier alpha value is -3.40. The number of hydrogen-bond donors (Lipinski definition) is 0. The van der Waals surface area contributed by atoms with Gasteiger partial charge in [-0.05, 0) is 6.07 Å². The van der Waals surface area contributed by atoms with Crippen LogP contribution in [0.1, 0.15) is 18.1 Å². The maximum absolute atomic E-state index is 12.8. The molecule has 120 valence electrons. The van der Waals surface area contributed by atoms with E-state index in [0.717, 1.165) is 0 Å². The SMILES string of the molecule is N#CCCN1C(=O)C(c2ccccc2)Oc2ccc([N+](=O)[O-])cc21. The number of nitro groups is 1.